The number of hydrogen-bond acceptors (Lipinski definition) is 7. The van der Waals surface area contributed by atoms with Crippen LogP contribution in [-0.2, 0) is 14.3 Å². The number of benzene rings is 1. The van der Waals surface area contributed by atoms with Gasteiger partial charge in [0.2, 0.25) is 0 Å². The molecule has 35 heavy (non-hydrogen) atoms. The lowest BCUT2D eigenvalue weighted by Crippen LogP contribution is -2.40. The van der Waals surface area contributed by atoms with Gasteiger partial charge in [-0.1, -0.05) is 29.8 Å². The third kappa shape index (κ3) is 5.22. The predicted molar refractivity (Wildman–Crippen MR) is 131 cm³/mol. The first-order chi connectivity index (χ1) is 17.1. The van der Waals surface area contributed by atoms with Crippen LogP contribution in [0.4, 0.5) is 5.82 Å². The van der Waals surface area contributed by atoms with Crippen LogP contribution in [-0.4, -0.2) is 47.3 Å². The number of furan rings is 1. The number of nitrogens with zero attached hydrogens (tertiary/aromatic N) is 4. The predicted octanol–water partition coefficient (Wildman–Crippen LogP) is 4.47. The molecule has 1 saturated heterocycles. The number of anilines is 1. The number of carbonyl (C=O) groups excluding carboxylic acids is 2. The molecule has 4 heterocycles. The number of esters is 1. The summed E-state index contributed by atoms with van der Waals surface area (Å²) >= 11 is 6.01. The highest BCUT2D eigenvalue weighted by molar-refractivity contribution is 6.30. The van der Waals surface area contributed by atoms with Gasteiger partial charge in [0.25, 0.3) is 5.91 Å². The van der Waals surface area contributed by atoms with E-state index in [0.29, 0.717) is 30.2 Å². The molecule has 1 amide bonds. The topological polar surface area (TPSA) is 88.2 Å². The summed E-state index contributed by atoms with van der Waals surface area (Å²) in [5.74, 6) is 0.362. The molecular formula is C26H25ClN4O4. The van der Waals surface area contributed by atoms with Gasteiger partial charge in [-0.3, -0.25) is 9.59 Å². The molecule has 2 aliphatic rings. The fourth-order valence-electron chi connectivity index (χ4n) is 4.49. The first kappa shape index (κ1) is 23.1. The van der Waals surface area contributed by atoms with E-state index in [1.165, 1.54) is 5.01 Å². The molecule has 2 aromatic heterocycles. The summed E-state index contributed by atoms with van der Waals surface area (Å²) in [5.41, 5.74) is 1.61. The monoisotopic (exact) mass is 492 g/mol. The van der Waals surface area contributed by atoms with Crippen LogP contribution in [0.15, 0.2) is 76.6 Å². The first-order valence-electron chi connectivity index (χ1n) is 11.6. The number of piperidine rings is 1. The van der Waals surface area contributed by atoms with E-state index >= 15 is 0 Å². The third-order valence-corrected chi connectivity index (χ3v) is 6.53. The van der Waals surface area contributed by atoms with Crippen molar-refractivity contribution in [1.29, 1.82) is 0 Å². The van der Waals surface area contributed by atoms with Crippen LogP contribution in [0.3, 0.4) is 0 Å². The maximum Gasteiger partial charge on any atom is 0.311 e. The van der Waals surface area contributed by atoms with E-state index in [4.69, 9.17) is 20.8 Å². The number of halogens is 1. The average Bonchev–Trinajstić information content (AvgIpc) is 3.59. The molecule has 5 rings (SSSR count). The molecule has 9 heteroatoms. The Balaban J connectivity index is 1.25. The van der Waals surface area contributed by atoms with Gasteiger partial charge in [-0.05, 0) is 54.8 Å². The molecule has 0 radical (unpaired) electrons. The van der Waals surface area contributed by atoms with Gasteiger partial charge < -0.3 is 14.1 Å². The highest BCUT2D eigenvalue weighted by Crippen LogP contribution is 2.33. The molecule has 0 spiro atoms. The van der Waals surface area contributed by atoms with Crippen LogP contribution in [0.5, 0.6) is 0 Å². The molecule has 3 aromatic rings. The quantitative estimate of drug-likeness (QED) is 0.472. The summed E-state index contributed by atoms with van der Waals surface area (Å²) in [4.78, 5) is 32.4. The first-order valence-corrected chi connectivity index (χ1v) is 12.0. The normalized spacial score (nSPS) is 20.0. The lowest BCUT2D eigenvalue weighted by atomic mass is 9.98. The Morgan fingerprint density at radius 3 is 2.71 bits per heavy atom. The van der Waals surface area contributed by atoms with Crippen molar-refractivity contribution in [2.75, 3.05) is 24.6 Å². The number of aromatic nitrogens is 1. The van der Waals surface area contributed by atoms with Crippen LogP contribution < -0.4 is 4.90 Å². The van der Waals surface area contributed by atoms with Gasteiger partial charge in [-0.2, -0.15) is 5.10 Å². The Labute approximate surface area is 208 Å². The fraction of sp³-hybridized carbons (Fsp3) is 0.308. The molecule has 0 aliphatic carbocycles. The zero-order valence-corrected chi connectivity index (χ0v) is 19.8. The summed E-state index contributed by atoms with van der Waals surface area (Å²) in [5, 5.41) is 6.54. The summed E-state index contributed by atoms with van der Waals surface area (Å²) in [6.45, 7) is 0.968. The minimum atomic E-state index is -0.406. The number of hydrazone groups is 1. The van der Waals surface area contributed by atoms with Crippen molar-refractivity contribution in [1.82, 2.24) is 9.99 Å². The van der Waals surface area contributed by atoms with Crippen molar-refractivity contribution in [2.45, 2.75) is 25.3 Å². The molecule has 8 nitrogen and oxygen atoms in total. The summed E-state index contributed by atoms with van der Waals surface area (Å²) in [6, 6.07) is 16.2. The molecule has 1 aromatic carbocycles. The molecule has 0 N–H and O–H groups in total. The smallest absolute Gasteiger partial charge is 0.311 e. The van der Waals surface area contributed by atoms with Gasteiger partial charge in [0, 0.05) is 30.7 Å². The standard InChI is InChI=1S/C26H25ClN4O4/c27-20-10-8-18(9-11-20)21-15-22(23-6-4-14-34-23)31(29-21)25(32)17-35-26(33)19-5-3-13-30(16-19)24-7-1-2-12-28-24/h1-2,4,6-12,14,19,22H,3,5,13,15-17H2/t19-,22-/m0/s1. The zero-order chi connectivity index (χ0) is 24.2. The van der Waals surface area contributed by atoms with Gasteiger partial charge in [0.1, 0.15) is 17.6 Å². The van der Waals surface area contributed by atoms with Crippen molar-refractivity contribution < 1.29 is 18.7 Å². The van der Waals surface area contributed by atoms with Crippen molar-refractivity contribution in [3.63, 3.8) is 0 Å². The second-order valence-corrected chi connectivity index (χ2v) is 9.04. The second kappa shape index (κ2) is 10.3. The summed E-state index contributed by atoms with van der Waals surface area (Å²) < 4.78 is 11.0. The van der Waals surface area contributed by atoms with Gasteiger partial charge >= 0.3 is 5.97 Å². The number of hydrogen-bond donors (Lipinski definition) is 0. The van der Waals surface area contributed by atoms with Crippen LogP contribution in [0.25, 0.3) is 0 Å². The molecule has 2 aliphatic heterocycles. The lowest BCUT2D eigenvalue weighted by molar-refractivity contribution is -0.156. The maximum atomic E-state index is 13.1. The third-order valence-electron chi connectivity index (χ3n) is 6.28. The minimum Gasteiger partial charge on any atom is -0.467 e. The fourth-order valence-corrected chi connectivity index (χ4v) is 4.62. The lowest BCUT2D eigenvalue weighted by Gasteiger charge is -2.32. The largest absolute Gasteiger partial charge is 0.467 e. The Hall–Kier alpha value is -3.65. The van der Waals surface area contributed by atoms with E-state index < -0.39 is 11.9 Å². The van der Waals surface area contributed by atoms with Gasteiger partial charge in [0.05, 0.1) is 17.9 Å². The summed E-state index contributed by atoms with van der Waals surface area (Å²) in [6.07, 6.45) is 5.35. The maximum absolute atomic E-state index is 13.1. The van der Waals surface area contributed by atoms with Crippen molar-refractivity contribution >= 4 is 35.0 Å². The van der Waals surface area contributed by atoms with E-state index in [1.54, 1.807) is 30.7 Å². The highest BCUT2D eigenvalue weighted by Gasteiger charge is 2.36. The van der Waals surface area contributed by atoms with E-state index in [-0.39, 0.29) is 18.5 Å². The molecule has 0 saturated carbocycles. The second-order valence-electron chi connectivity index (χ2n) is 8.61. The van der Waals surface area contributed by atoms with E-state index in [9.17, 15) is 9.59 Å². The average molecular weight is 493 g/mol. The molecule has 2 atom stereocenters. The van der Waals surface area contributed by atoms with E-state index in [0.717, 1.165) is 30.1 Å². The van der Waals surface area contributed by atoms with Crippen LogP contribution in [0.2, 0.25) is 5.02 Å². The molecule has 0 unspecified atom stereocenters. The number of amides is 1. The van der Waals surface area contributed by atoms with Gasteiger partial charge in [-0.25, -0.2) is 9.99 Å². The molecule has 180 valence electrons. The van der Waals surface area contributed by atoms with Crippen LogP contribution in [0.1, 0.15) is 36.6 Å². The zero-order valence-electron chi connectivity index (χ0n) is 19.0. The molecule has 1 fully saturated rings. The van der Waals surface area contributed by atoms with Crippen LogP contribution in [0, 0.1) is 5.92 Å². The van der Waals surface area contributed by atoms with Crippen molar-refractivity contribution in [3.05, 3.63) is 83.4 Å². The highest BCUT2D eigenvalue weighted by atomic mass is 35.5. The Morgan fingerprint density at radius 2 is 1.97 bits per heavy atom. The SMILES string of the molecule is O=C(OCC(=O)N1N=C(c2ccc(Cl)cc2)C[C@H]1c1ccco1)[C@H]1CCCN(c2ccccn2)C1. The van der Waals surface area contributed by atoms with Crippen LogP contribution >= 0.6 is 11.6 Å². The van der Waals surface area contributed by atoms with Gasteiger partial charge in [0.15, 0.2) is 6.61 Å². The molecular weight excluding hydrogens is 468 g/mol. The number of carbonyl (C=O) groups is 2. The Bertz CT molecular complexity index is 1200. The summed E-state index contributed by atoms with van der Waals surface area (Å²) in [7, 11) is 0. The number of ether oxygens (including phenoxy) is 1. The van der Waals surface area contributed by atoms with Crippen molar-refractivity contribution in [2.24, 2.45) is 11.0 Å². The Morgan fingerprint density at radius 1 is 1.11 bits per heavy atom. The van der Waals surface area contributed by atoms with Crippen molar-refractivity contribution in [3.8, 4) is 0 Å². The Kier molecular flexibility index (Phi) is 6.81. The number of rotatable bonds is 6. The van der Waals surface area contributed by atoms with E-state index in [1.807, 2.05) is 36.4 Å². The van der Waals surface area contributed by atoms with E-state index in [2.05, 4.69) is 15.0 Å². The molecule has 0 bridgehead atoms. The van der Waals surface area contributed by atoms with Gasteiger partial charge in [-0.15, -0.1) is 0 Å². The minimum absolute atomic E-state index is 0.314. The number of pyridine rings is 1.